The molecule has 3 aromatic heterocycles. The van der Waals surface area contributed by atoms with Gasteiger partial charge < -0.3 is 9.73 Å². The highest BCUT2D eigenvalue weighted by Gasteiger charge is 2.25. The molecule has 0 saturated carbocycles. The molecule has 3 aromatic rings. The topological polar surface area (TPSA) is 88.6 Å². The van der Waals surface area contributed by atoms with Crippen LogP contribution in [-0.2, 0) is 0 Å². The maximum absolute atomic E-state index is 12.6. The zero-order valence-corrected chi connectivity index (χ0v) is 14.8. The van der Waals surface area contributed by atoms with Crippen molar-refractivity contribution in [3.05, 3.63) is 47.9 Å². The summed E-state index contributed by atoms with van der Waals surface area (Å²) < 4.78 is 7.19. The van der Waals surface area contributed by atoms with E-state index in [1.54, 1.807) is 17.0 Å². The summed E-state index contributed by atoms with van der Waals surface area (Å²) >= 11 is 0. The van der Waals surface area contributed by atoms with Gasteiger partial charge in [0.25, 0.3) is 11.7 Å². The summed E-state index contributed by atoms with van der Waals surface area (Å²) in [7, 11) is 0. The molecule has 1 unspecified atom stereocenters. The summed E-state index contributed by atoms with van der Waals surface area (Å²) in [5.74, 6) is 1.12. The van der Waals surface area contributed by atoms with Crippen LogP contribution in [0.4, 0.5) is 0 Å². The maximum atomic E-state index is 12.6. The fourth-order valence-electron chi connectivity index (χ4n) is 3.39. The highest BCUT2D eigenvalue weighted by molar-refractivity contribution is 5.90. The van der Waals surface area contributed by atoms with Crippen molar-refractivity contribution in [3.63, 3.8) is 0 Å². The number of furan rings is 1. The van der Waals surface area contributed by atoms with Crippen LogP contribution in [0, 0.1) is 6.92 Å². The van der Waals surface area contributed by atoms with Gasteiger partial charge in [0.15, 0.2) is 0 Å². The second-order valence-electron chi connectivity index (χ2n) is 6.57. The highest BCUT2D eigenvalue weighted by Crippen LogP contribution is 2.24. The molecule has 1 aliphatic heterocycles. The summed E-state index contributed by atoms with van der Waals surface area (Å²) in [6.45, 7) is 4.37. The molecule has 0 aromatic carbocycles. The molecule has 8 heteroatoms. The lowest BCUT2D eigenvalue weighted by Crippen LogP contribution is -2.40. The quantitative estimate of drug-likeness (QED) is 0.754. The summed E-state index contributed by atoms with van der Waals surface area (Å²) in [6.07, 6.45) is 6.93. The Morgan fingerprint density at radius 1 is 1.31 bits per heavy atom. The van der Waals surface area contributed by atoms with Crippen molar-refractivity contribution in [1.29, 1.82) is 0 Å². The second-order valence-corrected chi connectivity index (χ2v) is 6.57. The number of carbonyl (C=O) groups excluding carboxylic acids is 1. The van der Waals surface area contributed by atoms with Gasteiger partial charge in [-0.25, -0.2) is 9.50 Å². The van der Waals surface area contributed by atoms with Crippen LogP contribution in [0.1, 0.15) is 47.4 Å². The van der Waals surface area contributed by atoms with E-state index < -0.39 is 0 Å². The number of aryl methyl sites for hydroxylation is 1. The fourth-order valence-corrected chi connectivity index (χ4v) is 3.39. The third-order valence-electron chi connectivity index (χ3n) is 4.79. The molecule has 136 valence electrons. The number of hydrogen-bond donors (Lipinski definition) is 1. The van der Waals surface area contributed by atoms with Gasteiger partial charge in [-0.1, -0.05) is 6.42 Å². The molecule has 0 bridgehead atoms. The highest BCUT2D eigenvalue weighted by atomic mass is 16.3. The molecule has 1 atom stereocenters. The first-order valence-electron chi connectivity index (χ1n) is 8.96. The van der Waals surface area contributed by atoms with Crippen molar-refractivity contribution < 1.29 is 9.21 Å². The van der Waals surface area contributed by atoms with Gasteiger partial charge in [-0.2, -0.15) is 4.98 Å². The maximum Gasteiger partial charge on any atom is 0.291 e. The number of carbonyl (C=O) groups is 1. The monoisotopic (exact) mass is 354 g/mol. The second kappa shape index (κ2) is 7.25. The molecule has 0 radical (unpaired) electrons. The number of aromatic nitrogens is 4. The minimum Gasteiger partial charge on any atom is -0.468 e. The molecule has 4 rings (SSSR count). The van der Waals surface area contributed by atoms with Gasteiger partial charge in [0.05, 0.1) is 12.3 Å². The molecular weight excluding hydrogens is 332 g/mol. The SMILES string of the molecule is Cc1ccnc2nc(C(=O)NCC(c3ccco3)N3CCCCC3)nn12. The number of nitrogens with one attached hydrogen (secondary N) is 1. The molecule has 26 heavy (non-hydrogen) atoms. The van der Waals surface area contributed by atoms with Gasteiger partial charge in [0.2, 0.25) is 5.82 Å². The van der Waals surface area contributed by atoms with E-state index in [9.17, 15) is 4.79 Å². The Morgan fingerprint density at radius 3 is 2.88 bits per heavy atom. The summed E-state index contributed by atoms with van der Waals surface area (Å²) in [4.78, 5) is 23.3. The lowest BCUT2D eigenvalue weighted by molar-refractivity contribution is 0.0904. The van der Waals surface area contributed by atoms with Crippen LogP contribution in [0.2, 0.25) is 0 Å². The number of likely N-dealkylation sites (tertiary alicyclic amines) is 1. The Bertz CT molecular complexity index is 882. The normalized spacial score (nSPS) is 16.7. The van der Waals surface area contributed by atoms with E-state index in [2.05, 4.69) is 25.3 Å². The molecule has 1 saturated heterocycles. The van der Waals surface area contributed by atoms with Gasteiger partial charge in [0.1, 0.15) is 5.76 Å². The standard InChI is InChI=1S/C18H22N6O2/c1-13-7-8-19-18-21-16(22-24(13)18)17(25)20-12-14(15-6-5-11-26-15)23-9-3-2-4-10-23/h5-8,11,14H,2-4,9-10,12H2,1H3,(H,20,25). The fraction of sp³-hybridized carbons (Fsp3) is 0.444. The zero-order valence-electron chi connectivity index (χ0n) is 14.8. The van der Waals surface area contributed by atoms with Crippen molar-refractivity contribution in [1.82, 2.24) is 29.8 Å². The number of nitrogens with zero attached hydrogens (tertiary/aromatic N) is 5. The van der Waals surface area contributed by atoms with Gasteiger partial charge in [-0.05, 0) is 51.1 Å². The minimum absolute atomic E-state index is 0.0196. The number of hydrogen-bond acceptors (Lipinski definition) is 6. The first kappa shape index (κ1) is 16.7. The largest absolute Gasteiger partial charge is 0.468 e. The van der Waals surface area contributed by atoms with Gasteiger partial charge >= 0.3 is 0 Å². The van der Waals surface area contributed by atoms with Crippen molar-refractivity contribution in [2.75, 3.05) is 19.6 Å². The molecule has 4 heterocycles. The average molecular weight is 354 g/mol. The van der Waals surface area contributed by atoms with E-state index in [0.717, 1.165) is 24.5 Å². The van der Waals surface area contributed by atoms with Crippen LogP contribution in [0.5, 0.6) is 0 Å². The van der Waals surface area contributed by atoms with E-state index in [4.69, 9.17) is 4.42 Å². The van der Waals surface area contributed by atoms with Crippen LogP contribution < -0.4 is 5.32 Å². The van der Waals surface area contributed by atoms with Gasteiger partial charge in [-0.3, -0.25) is 9.69 Å². The molecule has 1 fully saturated rings. The predicted molar refractivity (Wildman–Crippen MR) is 94.7 cm³/mol. The number of piperidine rings is 1. The number of rotatable bonds is 5. The average Bonchev–Trinajstić information content (AvgIpc) is 3.33. The lowest BCUT2D eigenvalue weighted by atomic mass is 10.1. The summed E-state index contributed by atoms with van der Waals surface area (Å²) in [5, 5.41) is 7.22. The predicted octanol–water partition coefficient (Wildman–Crippen LogP) is 1.98. The molecule has 0 spiro atoms. The zero-order chi connectivity index (χ0) is 17.9. The first-order valence-corrected chi connectivity index (χ1v) is 8.96. The summed E-state index contributed by atoms with van der Waals surface area (Å²) in [5.41, 5.74) is 0.878. The molecular formula is C18H22N6O2. The van der Waals surface area contributed by atoms with Crippen LogP contribution in [0.25, 0.3) is 5.78 Å². The van der Waals surface area contributed by atoms with Crippen LogP contribution in [-0.4, -0.2) is 50.0 Å². The van der Waals surface area contributed by atoms with Crippen molar-refractivity contribution in [3.8, 4) is 0 Å². The van der Waals surface area contributed by atoms with Crippen LogP contribution in [0.15, 0.2) is 35.1 Å². The van der Waals surface area contributed by atoms with E-state index in [0.29, 0.717) is 12.3 Å². The van der Waals surface area contributed by atoms with Crippen molar-refractivity contribution in [2.24, 2.45) is 0 Å². The molecule has 0 aliphatic carbocycles. The van der Waals surface area contributed by atoms with Gasteiger partial charge in [0, 0.05) is 18.4 Å². The lowest BCUT2D eigenvalue weighted by Gasteiger charge is -2.33. The Balaban J connectivity index is 1.49. The van der Waals surface area contributed by atoms with Crippen LogP contribution >= 0.6 is 0 Å². The van der Waals surface area contributed by atoms with Crippen molar-refractivity contribution >= 4 is 11.7 Å². The third kappa shape index (κ3) is 3.32. The Labute approximate surface area is 151 Å². The first-order chi connectivity index (χ1) is 12.7. The molecule has 8 nitrogen and oxygen atoms in total. The van der Waals surface area contributed by atoms with Gasteiger partial charge in [-0.15, -0.1) is 5.10 Å². The minimum atomic E-state index is -0.302. The summed E-state index contributed by atoms with van der Waals surface area (Å²) in [6, 6.07) is 5.69. The van der Waals surface area contributed by atoms with Crippen molar-refractivity contribution in [2.45, 2.75) is 32.2 Å². The van der Waals surface area contributed by atoms with E-state index in [1.165, 1.54) is 19.3 Å². The van der Waals surface area contributed by atoms with E-state index >= 15 is 0 Å². The van der Waals surface area contributed by atoms with Crippen LogP contribution in [0.3, 0.4) is 0 Å². The number of fused-ring (bicyclic) bond motifs is 1. The third-order valence-corrected chi connectivity index (χ3v) is 4.79. The Hall–Kier alpha value is -2.74. The Morgan fingerprint density at radius 2 is 2.15 bits per heavy atom. The molecule has 1 N–H and O–H groups in total. The number of amides is 1. The molecule has 1 aliphatic rings. The Kier molecular flexibility index (Phi) is 4.66. The van der Waals surface area contributed by atoms with E-state index in [1.807, 2.05) is 25.1 Å². The molecule has 1 amide bonds. The smallest absolute Gasteiger partial charge is 0.291 e. The van der Waals surface area contributed by atoms with E-state index in [-0.39, 0.29) is 17.8 Å².